The summed E-state index contributed by atoms with van der Waals surface area (Å²) in [5, 5.41) is 9.21. The molecule has 122 valence electrons. The van der Waals surface area contributed by atoms with Crippen LogP contribution >= 0.6 is 0 Å². The predicted octanol–water partition coefficient (Wildman–Crippen LogP) is 1.01. The summed E-state index contributed by atoms with van der Waals surface area (Å²) in [7, 11) is 1.61. The van der Waals surface area contributed by atoms with E-state index in [0.29, 0.717) is 17.9 Å². The molecule has 1 atom stereocenters. The molecule has 1 aromatic carbocycles. The maximum absolute atomic E-state index is 12.6. The third-order valence-electron chi connectivity index (χ3n) is 4.33. The summed E-state index contributed by atoms with van der Waals surface area (Å²) in [5.41, 5.74) is 3.24. The molecule has 0 radical (unpaired) electrons. The Labute approximate surface area is 141 Å². The van der Waals surface area contributed by atoms with Crippen molar-refractivity contribution in [3.8, 4) is 11.8 Å². The lowest BCUT2D eigenvalue weighted by Crippen LogP contribution is -2.79. The molecule has 1 N–H and O–H groups in total. The largest absolute Gasteiger partial charge is 0.496 e. The van der Waals surface area contributed by atoms with Crippen molar-refractivity contribution in [1.29, 1.82) is 5.26 Å². The van der Waals surface area contributed by atoms with Gasteiger partial charge >= 0.3 is 0 Å². The van der Waals surface area contributed by atoms with E-state index in [-0.39, 0.29) is 11.9 Å². The highest BCUT2D eigenvalue weighted by Gasteiger charge is 2.40. The highest BCUT2D eigenvalue weighted by atomic mass is 16.5. The number of carbonyl (C=O) groups excluding carboxylic acids is 1. The number of unbranched alkanes of at least 4 members (excludes halogenated alkanes) is 1. The topological polar surface area (TPSA) is 67.3 Å². The number of methoxy groups -OCH3 is 1. The van der Waals surface area contributed by atoms with Crippen LogP contribution in [0.25, 0.3) is 5.57 Å². The Morgan fingerprint density at radius 2 is 2.25 bits per heavy atom. The smallest absolute Gasteiger partial charge is 0.300 e. The van der Waals surface area contributed by atoms with Crippen LogP contribution in [0.15, 0.2) is 36.0 Å². The van der Waals surface area contributed by atoms with E-state index < -0.39 is 0 Å². The van der Waals surface area contributed by atoms with Crippen molar-refractivity contribution in [2.45, 2.75) is 25.8 Å². The van der Waals surface area contributed by atoms with E-state index in [4.69, 9.17) is 4.74 Å². The molecular weight excluding hydrogens is 302 g/mol. The Kier molecular flexibility index (Phi) is 4.48. The minimum absolute atomic E-state index is 0.0580. The number of amides is 1. The van der Waals surface area contributed by atoms with Gasteiger partial charge in [0.05, 0.1) is 18.7 Å². The van der Waals surface area contributed by atoms with Gasteiger partial charge in [-0.2, -0.15) is 5.26 Å². The van der Waals surface area contributed by atoms with Gasteiger partial charge < -0.3 is 9.64 Å². The SMILES string of the molecule is CCCCN1C=C(c2cc(C#N)ccc2OC)C2=CC=[NH+]C2C1=O. The molecule has 5 nitrogen and oxygen atoms in total. The minimum Gasteiger partial charge on any atom is -0.496 e. The third-order valence-corrected chi connectivity index (χ3v) is 4.33. The molecule has 0 aliphatic carbocycles. The number of allylic oxidation sites excluding steroid dienone is 1. The molecule has 0 spiro atoms. The second kappa shape index (κ2) is 6.71. The van der Waals surface area contributed by atoms with Crippen molar-refractivity contribution < 1.29 is 14.5 Å². The van der Waals surface area contributed by atoms with E-state index >= 15 is 0 Å². The van der Waals surface area contributed by atoms with Crippen molar-refractivity contribution in [2.75, 3.05) is 13.7 Å². The maximum Gasteiger partial charge on any atom is 0.300 e. The highest BCUT2D eigenvalue weighted by Crippen LogP contribution is 2.36. The van der Waals surface area contributed by atoms with E-state index in [2.05, 4.69) is 18.0 Å². The first-order valence-corrected chi connectivity index (χ1v) is 8.10. The van der Waals surface area contributed by atoms with Crippen LogP contribution in [0, 0.1) is 11.3 Å². The Morgan fingerprint density at radius 1 is 1.42 bits per heavy atom. The van der Waals surface area contributed by atoms with Crippen molar-refractivity contribution >= 4 is 17.7 Å². The first-order valence-electron chi connectivity index (χ1n) is 8.10. The number of fused-ring (bicyclic) bond motifs is 1. The predicted molar refractivity (Wildman–Crippen MR) is 91.2 cm³/mol. The molecular formula is C19H20N3O2+. The fourth-order valence-electron chi connectivity index (χ4n) is 3.05. The lowest BCUT2D eigenvalue weighted by atomic mass is 9.89. The number of rotatable bonds is 5. The summed E-state index contributed by atoms with van der Waals surface area (Å²) < 4.78 is 5.48. The first kappa shape index (κ1) is 16.0. The van der Waals surface area contributed by atoms with E-state index in [9.17, 15) is 10.1 Å². The quantitative estimate of drug-likeness (QED) is 0.880. The van der Waals surface area contributed by atoms with E-state index in [1.165, 1.54) is 0 Å². The number of carbonyl (C=O) groups is 1. The van der Waals surface area contributed by atoms with Gasteiger partial charge in [-0.25, -0.2) is 4.99 Å². The molecule has 0 bridgehead atoms. The van der Waals surface area contributed by atoms with Gasteiger partial charge in [-0.15, -0.1) is 0 Å². The molecule has 0 saturated heterocycles. The molecule has 1 aromatic rings. The van der Waals surface area contributed by atoms with E-state index in [0.717, 1.165) is 29.6 Å². The number of nitrogens with one attached hydrogen (secondary N) is 1. The van der Waals surface area contributed by atoms with Gasteiger partial charge in [-0.1, -0.05) is 13.3 Å². The molecule has 2 heterocycles. The van der Waals surface area contributed by atoms with Gasteiger partial charge in [0, 0.05) is 35.5 Å². The van der Waals surface area contributed by atoms with Gasteiger partial charge in [0.25, 0.3) is 11.9 Å². The molecule has 0 saturated carbocycles. The van der Waals surface area contributed by atoms with Crippen molar-refractivity contribution in [3.05, 3.63) is 47.2 Å². The molecule has 2 aliphatic rings. The number of hydrogen-bond donors (Lipinski definition) is 1. The van der Waals surface area contributed by atoms with Crippen LogP contribution in [0.5, 0.6) is 5.75 Å². The van der Waals surface area contributed by atoms with Gasteiger partial charge in [0.15, 0.2) is 6.21 Å². The molecule has 24 heavy (non-hydrogen) atoms. The summed E-state index contributed by atoms with van der Waals surface area (Å²) in [4.78, 5) is 17.5. The maximum atomic E-state index is 12.6. The van der Waals surface area contributed by atoms with Gasteiger partial charge in [0.2, 0.25) is 0 Å². The highest BCUT2D eigenvalue weighted by molar-refractivity contribution is 6.01. The third kappa shape index (κ3) is 2.71. The van der Waals surface area contributed by atoms with Gasteiger partial charge in [-0.05, 0) is 24.6 Å². The molecule has 3 rings (SSSR count). The lowest BCUT2D eigenvalue weighted by molar-refractivity contribution is -0.467. The van der Waals surface area contributed by atoms with Crippen LogP contribution in [0.3, 0.4) is 0 Å². The number of nitrogens with zero attached hydrogens (tertiary/aromatic N) is 2. The average molecular weight is 322 g/mol. The van der Waals surface area contributed by atoms with Crippen molar-refractivity contribution in [1.82, 2.24) is 4.90 Å². The van der Waals surface area contributed by atoms with Crippen molar-refractivity contribution in [3.63, 3.8) is 0 Å². The lowest BCUT2D eigenvalue weighted by Gasteiger charge is -2.28. The summed E-state index contributed by atoms with van der Waals surface area (Å²) in [6.07, 6.45) is 7.58. The Bertz CT molecular complexity index is 799. The summed E-state index contributed by atoms with van der Waals surface area (Å²) >= 11 is 0. The summed E-state index contributed by atoms with van der Waals surface area (Å²) in [6.45, 7) is 2.79. The van der Waals surface area contributed by atoms with Crippen LogP contribution in [0.4, 0.5) is 0 Å². The fraction of sp³-hybridized carbons (Fsp3) is 0.316. The number of nitriles is 1. The zero-order valence-corrected chi connectivity index (χ0v) is 13.9. The summed E-state index contributed by atoms with van der Waals surface area (Å²) in [6, 6.07) is 7.14. The number of benzene rings is 1. The molecule has 1 unspecified atom stereocenters. The zero-order chi connectivity index (χ0) is 17.1. The van der Waals surface area contributed by atoms with Gasteiger partial charge in [0.1, 0.15) is 5.75 Å². The molecule has 0 aromatic heterocycles. The Hall–Kier alpha value is -2.87. The first-order chi connectivity index (χ1) is 11.7. The fourth-order valence-corrected chi connectivity index (χ4v) is 3.05. The zero-order valence-electron chi connectivity index (χ0n) is 13.9. The molecule has 2 aliphatic heterocycles. The molecule has 5 heteroatoms. The van der Waals surface area contributed by atoms with Crippen LogP contribution < -0.4 is 9.73 Å². The van der Waals surface area contributed by atoms with E-state index in [1.807, 2.05) is 18.3 Å². The number of ether oxygens (including phenoxy) is 1. The minimum atomic E-state index is -0.364. The van der Waals surface area contributed by atoms with Crippen LogP contribution in [0.2, 0.25) is 0 Å². The summed E-state index contributed by atoms with van der Waals surface area (Å²) in [5.74, 6) is 0.749. The Morgan fingerprint density at radius 3 is 2.96 bits per heavy atom. The number of hydrogen-bond acceptors (Lipinski definition) is 3. The van der Waals surface area contributed by atoms with Crippen LogP contribution in [-0.4, -0.2) is 36.7 Å². The second-order valence-electron chi connectivity index (χ2n) is 5.84. The van der Waals surface area contributed by atoms with Crippen LogP contribution in [-0.2, 0) is 4.79 Å². The second-order valence-corrected chi connectivity index (χ2v) is 5.84. The van der Waals surface area contributed by atoms with Gasteiger partial charge in [-0.3, -0.25) is 4.79 Å². The normalized spacial score (nSPS) is 18.8. The standard InChI is InChI=1S/C19H19N3O2/c1-3-4-9-22-12-16(14-7-8-21-18(14)19(22)23)15-10-13(11-20)5-6-17(15)24-2/h5-8,10,12,18H,3-4,9H2,1-2H3/p+1. The van der Waals surface area contributed by atoms with E-state index in [1.54, 1.807) is 30.4 Å². The van der Waals surface area contributed by atoms with Crippen molar-refractivity contribution in [2.24, 2.45) is 0 Å². The monoisotopic (exact) mass is 322 g/mol. The van der Waals surface area contributed by atoms with Crippen LogP contribution in [0.1, 0.15) is 30.9 Å². The Balaban J connectivity index is 2.10. The molecule has 0 fully saturated rings. The average Bonchev–Trinajstić information content (AvgIpc) is 3.11. The molecule has 1 amide bonds.